The molecule has 6 nitrogen and oxygen atoms in total. The molecular formula is C17H24ClN3O3. The fourth-order valence-corrected chi connectivity index (χ4v) is 3.40. The van der Waals surface area contributed by atoms with Gasteiger partial charge in [0.2, 0.25) is 5.91 Å². The summed E-state index contributed by atoms with van der Waals surface area (Å²) in [6, 6.07) is 7.54. The maximum Gasteiger partial charge on any atom is 0.237 e. The molecule has 2 aliphatic rings. The average Bonchev–Trinajstić information content (AvgIpc) is 3.04. The largest absolute Gasteiger partial charge is 0.392 e. The van der Waals surface area contributed by atoms with E-state index < -0.39 is 6.10 Å². The van der Waals surface area contributed by atoms with Crippen molar-refractivity contribution in [3.8, 4) is 0 Å². The number of carbonyl (C=O) groups is 1. The molecule has 2 fully saturated rings. The number of aliphatic hydroxyl groups excluding tert-OH is 1. The number of benzene rings is 1. The molecule has 3 unspecified atom stereocenters. The second-order valence-corrected chi connectivity index (χ2v) is 6.75. The molecular weight excluding hydrogens is 330 g/mol. The van der Waals surface area contributed by atoms with E-state index in [2.05, 4.69) is 15.5 Å². The van der Waals surface area contributed by atoms with Crippen LogP contribution in [0.1, 0.15) is 18.0 Å². The summed E-state index contributed by atoms with van der Waals surface area (Å²) in [5.41, 5.74) is 1.13. The summed E-state index contributed by atoms with van der Waals surface area (Å²) in [5, 5.41) is 16.3. The Labute approximate surface area is 147 Å². The molecule has 3 rings (SSSR count). The number of nitrogens with zero attached hydrogens (tertiary/aromatic N) is 1. The van der Waals surface area contributed by atoms with E-state index in [0.717, 1.165) is 18.7 Å². The van der Waals surface area contributed by atoms with Gasteiger partial charge in [-0.15, -0.1) is 0 Å². The number of carbonyl (C=O) groups excluding carboxylic acids is 1. The highest BCUT2D eigenvalue weighted by molar-refractivity contribution is 6.30. The minimum absolute atomic E-state index is 0.0567. The minimum Gasteiger partial charge on any atom is -0.392 e. The molecule has 2 saturated heterocycles. The van der Waals surface area contributed by atoms with Crippen molar-refractivity contribution >= 4 is 17.5 Å². The lowest BCUT2D eigenvalue weighted by molar-refractivity contribution is -0.123. The standard InChI is InChI=1S/C17H24ClN3O3/c18-13-3-1-12(2-4-13)16(21-5-7-24-8-6-21)11-20-17(23)15-9-14(22)10-19-15/h1-4,14-16,19,22H,5-11H2,(H,20,23). The van der Waals surface area contributed by atoms with Crippen molar-refractivity contribution in [2.75, 3.05) is 39.4 Å². The van der Waals surface area contributed by atoms with Crippen LogP contribution in [-0.2, 0) is 9.53 Å². The summed E-state index contributed by atoms with van der Waals surface area (Å²) in [6.07, 6.45) is 0.0293. The van der Waals surface area contributed by atoms with Crippen LogP contribution in [0.3, 0.4) is 0 Å². The summed E-state index contributed by atoms with van der Waals surface area (Å²) in [5.74, 6) is -0.0567. The first kappa shape index (κ1) is 17.6. The van der Waals surface area contributed by atoms with Crippen molar-refractivity contribution in [2.45, 2.75) is 24.6 Å². The van der Waals surface area contributed by atoms with E-state index in [-0.39, 0.29) is 18.0 Å². The van der Waals surface area contributed by atoms with Crippen molar-refractivity contribution in [1.29, 1.82) is 0 Å². The van der Waals surface area contributed by atoms with E-state index in [9.17, 15) is 9.90 Å². The third kappa shape index (κ3) is 4.46. The fourth-order valence-electron chi connectivity index (χ4n) is 3.27. The lowest BCUT2D eigenvalue weighted by atomic mass is 10.0. The van der Waals surface area contributed by atoms with Gasteiger partial charge >= 0.3 is 0 Å². The van der Waals surface area contributed by atoms with Gasteiger partial charge in [-0.2, -0.15) is 0 Å². The number of halogens is 1. The lowest BCUT2D eigenvalue weighted by Gasteiger charge is -2.35. The highest BCUT2D eigenvalue weighted by Gasteiger charge is 2.29. The van der Waals surface area contributed by atoms with E-state index in [0.29, 0.717) is 37.7 Å². The molecule has 0 aromatic heterocycles. The van der Waals surface area contributed by atoms with Crippen molar-refractivity contribution < 1.29 is 14.6 Å². The Bertz CT molecular complexity index is 549. The molecule has 0 bridgehead atoms. The van der Waals surface area contributed by atoms with Crippen LogP contribution in [0, 0.1) is 0 Å². The number of morpholine rings is 1. The van der Waals surface area contributed by atoms with Gasteiger partial charge in [-0.05, 0) is 24.1 Å². The van der Waals surface area contributed by atoms with Crippen LogP contribution in [0.15, 0.2) is 24.3 Å². The highest BCUT2D eigenvalue weighted by atomic mass is 35.5. The number of nitrogens with one attached hydrogen (secondary N) is 2. The maximum atomic E-state index is 12.3. The van der Waals surface area contributed by atoms with E-state index in [1.165, 1.54) is 0 Å². The molecule has 7 heteroatoms. The van der Waals surface area contributed by atoms with E-state index in [1.807, 2.05) is 24.3 Å². The SMILES string of the molecule is O=C(NCC(c1ccc(Cl)cc1)N1CCOCC1)C1CC(O)CN1. The first-order valence-corrected chi connectivity index (χ1v) is 8.77. The molecule has 3 atom stereocenters. The summed E-state index contributed by atoms with van der Waals surface area (Å²) in [7, 11) is 0. The van der Waals surface area contributed by atoms with Crippen LogP contribution in [0.5, 0.6) is 0 Å². The topological polar surface area (TPSA) is 73.8 Å². The summed E-state index contributed by atoms with van der Waals surface area (Å²) in [6.45, 7) is 4.08. The minimum atomic E-state index is -0.438. The Kier molecular flexibility index (Phi) is 6.08. The number of hydrogen-bond acceptors (Lipinski definition) is 5. The van der Waals surface area contributed by atoms with E-state index in [4.69, 9.17) is 16.3 Å². The number of β-amino-alcohol motifs (C(OH)–C–C–N with tert-alkyl or cyclic N) is 1. The Morgan fingerprint density at radius 3 is 2.71 bits per heavy atom. The first-order valence-electron chi connectivity index (χ1n) is 8.40. The van der Waals surface area contributed by atoms with Crippen LogP contribution in [0.4, 0.5) is 0 Å². The van der Waals surface area contributed by atoms with Crippen LogP contribution in [-0.4, -0.2) is 67.5 Å². The van der Waals surface area contributed by atoms with Crippen molar-refractivity contribution in [1.82, 2.24) is 15.5 Å². The lowest BCUT2D eigenvalue weighted by Crippen LogP contribution is -2.47. The van der Waals surface area contributed by atoms with Crippen molar-refractivity contribution in [3.05, 3.63) is 34.9 Å². The molecule has 0 spiro atoms. The molecule has 1 aromatic rings. The van der Waals surface area contributed by atoms with Gasteiger partial charge in [-0.25, -0.2) is 0 Å². The Balaban J connectivity index is 1.65. The normalized spacial score (nSPS) is 26.2. The quantitative estimate of drug-likeness (QED) is 0.721. The smallest absolute Gasteiger partial charge is 0.237 e. The molecule has 0 aliphatic carbocycles. The van der Waals surface area contributed by atoms with Gasteiger partial charge in [0.05, 0.1) is 31.4 Å². The molecule has 1 amide bonds. The van der Waals surface area contributed by atoms with Gasteiger partial charge < -0.3 is 20.5 Å². The van der Waals surface area contributed by atoms with Crippen molar-refractivity contribution in [3.63, 3.8) is 0 Å². The zero-order chi connectivity index (χ0) is 16.9. The van der Waals surface area contributed by atoms with Gasteiger partial charge in [-0.1, -0.05) is 23.7 Å². The van der Waals surface area contributed by atoms with Gasteiger partial charge in [0.1, 0.15) is 0 Å². The molecule has 24 heavy (non-hydrogen) atoms. The third-order valence-electron chi connectivity index (χ3n) is 4.64. The third-order valence-corrected chi connectivity index (χ3v) is 4.89. The number of ether oxygens (including phenoxy) is 1. The van der Waals surface area contributed by atoms with Gasteiger partial charge in [0, 0.05) is 31.2 Å². The van der Waals surface area contributed by atoms with Crippen LogP contribution in [0.2, 0.25) is 5.02 Å². The second kappa shape index (κ2) is 8.27. The molecule has 0 saturated carbocycles. The molecule has 1 aromatic carbocycles. The van der Waals surface area contributed by atoms with Gasteiger partial charge in [-0.3, -0.25) is 9.69 Å². The summed E-state index contributed by atoms with van der Waals surface area (Å²) in [4.78, 5) is 14.6. The Hall–Kier alpha value is -1.18. The second-order valence-electron chi connectivity index (χ2n) is 6.31. The van der Waals surface area contributed by atoms with Gasteiger partial charge in [0.15, 0.2) is 0 Å². The number of amides is 1. The maximum absolute atomic E-state index is 12.3. The van der Waals surface area contributed by atoms with E-state index in [1.54, 1.807) is 0 Å². The van der Waals surface area contributed by atoms with Crippen LogP contribution >= 0.6 is 11.6 Å². The predicted molar refractivity (Wildman–Crippen MR) is 92.0 cm³/mol. The van der Waals surface area contributed by atoms with E-state index >= 15 is 0 Å². The Morgan fingerprint density at radius 2 is 2.08 bits per heavy atom. The average molecular weight is 354 g/mol. The Morgan fingerprint density at radius 1 is 1.38 bits per heavy atom. The molecule has 2 aliphatic heterocycles. The molecule has 2 heterocycles. The number of rotatable bonds is 5. The molecule has 0 radical (unpaired) electrons. The number of aliphatic hydroxyl groups is 1. The zero-order valence-electron chi connectivity index (χ0n) is 13.6. The summed E-state index contributed by atoms with van der Waals surface area (Å²) < 4.78 is 5.44. The monoisotopic (exact) mass is 353 g/mol. The van der Waals surface area contributed by atoms with Gasteiger partial charge in [0.25, 0.3) is 0 Å². The first-order chi connectivity index (χ1) is 11.6. The predicted octanol–water partition coefficient (Wildman–Crippen LogP) is 0.552. The highest BCUT2D eigenvalue weighted by Crippen LogP contribution is 2.23. The zero-order valence-corrected chi connectivity index (χ0v) is 14.3. The van der Waals surface area contributed by atoms with Crippen LogP contribution < -0.4 is 10.6 Å². The van der Waals surface area contributed by atoms with Crippen LogP contribution in [0.25, 0.3) is 0 Å². The molecule has 132 valence electrons. The van der Waals surface area contributed by atoms with Crippen molar-refractivity contribution in [2.24, 2.45) is 0 Å². The summed E-state index contributed by atoms with van der Waals surface area (Å²) >= 11 is 5.99. The fraction of sp³-hybridized carbons (Fsp3) is 0.588. The number of hydrogen-bond donors (Lipinski definition) is 3. The molecule has 3 N–H and O–H groups in total.